The van der Waals surface area contributed by atoms with Crippen LogP contribution in [0.25, 0.3) is 0 Å². The van der Waals surface area contributed by atoms with E-state index in [9.17, 15) is 0 Å². The van der Waals surface area contributed by atoms with E-state index in [1.165, 1.54) is 5.69 Å². The summed E-state index contributed by atoms with van der Waals surface area (Å²) in [5, 5.41) is 3.47. The summed E-state index contributed by atoms with van der Waals surface area (Å²) in [5.74, 6) is 0. The standard InChI is InChI=1S/C15H27N3O/c1-4-17-8-9-19-15(11-17)12-18-7-5-6-14(18)10-16-13(2)3/h5-7,13,15-16H,4,8-12H2,1-3H3. The van der Waals surface area contributed by atoms with Crippen LogP contribution in [-0.4, -0.2) is 47.9 Å². The van der Waals surface area contributed by atoms with Gasteiger partial charge < -0.3 is 14.6 Å². The highest BCUT2D eigenvalue weighted by Gasteiger charge is 2.20. The van der Waals surface area contributed by atoms with Crippen LogP contribution in [0.2, 0.25) is 0 Å². The molecule has 1 fully saturated rings. The van der Waals surface area contributed by atoms with E-state index in [1.54, 1.807) is 0 Å². The molecule has 1 unspecified atom stereocenters. The molecule has 1 aromatic rings. The van der Waals surface area contributed by atoms with Crippen LogP contribution < -0.4 is 5.32 Å². The molecular formula is C15H27N3O. The third-order valence-corrected chi connectivity index (χ3v) is 3.69. The van der Waals surface area contributed by atoms with Crippen molar-refractivity contribution in [3.05, 3.63) is 24.0 Å². The maximum atomic E-state index is 5.88. The molecule has 19 heavy (non-hydrogen) atoms. The Morgan fingerprint density at radius 1 is 1.47 bits per heavy atom. The summed E-state index contributed by atoms with van der Waals surface area (Å²) in [6.07, 6.45) is 2.48. The van der Waals surface area contributed by atoms with Gasteiger partial charge in [-0.1, -0.05) is 20.8 Å². The Morgan fingerprint density at radius 3 is 3.05 bits per heavy atom. The number of morpholine rings is 1. The minimum atomic E-state index is 0.318. The normalized spacial score (nSPS) is 21.2. The second-order valence-corrected chi connectivity index (χ2v) is 5.57. The monoisotopic (exact) mass is 265 g/mol. The van der Waals surface area contributed by atoms with E-state index in [-0.39, 0.29) is 0 Å². The third kappa shape index (κ3) is 4.34. The predicted octanol–water partition coefficient (Wildman–Crippen LogP) is 1.71. The van der Waals surface area contributed by atoms with Gasteiger partial charge in [-0.15, -0.1) is 0 Å². The smallest absolute Gasteiger partial charge is 0.0881 e. The highest BCUT2D eigenvalue weighted by molar-refractivity contribution is 5.07. The fourth-order valence-electron chi connectivity index (χ4n) is 2.49. The van der Waals surface area contributed by atoms with Crippen molar-refractivity contribution in [3.63, 3.8) is 0 Å². The summed E-state index contributed by atoms with van der Waals surface area (Å²) in [7, 11) is 0. The van der Waals surface area contributed by atoms with Crippen molar-refractivity contribution in [2.75, 3.05) is 26.2 Å². The summed E-state index contributed by atoms with van der Waals surface area (Å²) in [6, 6.07) is 4.83. The van der Waals surface area contributed by atoms with Gasteiger partial charge in [0.25, 0.3) is 0 Å². The van der Waals surface area contributed by atoms with Crippen LogP contribution in [0, 0.1) is 0 Å². The van der Waals surface area contributed by atoms with E-state index >= 15 is 0 Å². The third-order valence-electron chi connectivity index (χ3n) is 3.69. The first kappa shape index (κ1) is 14.6. The number of likely N-dealkylation sites (N-methyl/N-ethyl adjacent to an activating group) is 1. The Kier molecular flexibility index (Phi) is 5.43. The lowest BCUT2D eigenvalue weighted by molar-refractivity contribution is -0.0345. The number of hydrogen-bond donors (Lipinski definition) is 1. The fraction of sp³-hybridized carbons (Fsp3) is 0.733. The van der Waals surface area contributed by atoms with Crippen molar-refractivity contribution in [2.45, 2.75) is 46.0 Å². The first-order valence-electron chi connectivity index (χ1n) is 7.40. The molecule has 0 saturated carbocycles. The van der Waals surface area contributed by atoms with E-state index in [0.29, 0.717) is 12.1 Å². The van der Waals surface area contributed by atoms with Gasteiger partial charge in [-0.3, -0.25) is 4.90 Å². The number of aromatic nitrogens is 1. The molecule has 1 N–H and O–H groups in total. The van der Waals surface area contributed by atoms with Gasteiger partial charge in [0, 0.05) is 44.1 Å². The number of ether oxygens (including phenoxy) is 1. The van der Waals surface area contributed by atoms with Crippen LogP contribution >= 0.6 is 0 Å². The van der Waals surface area contributed by atoms with Crippen LogP contribution in [0.15, 0.2) is 18.3 Å². The summed E-state index contributed by atoms with van der Waals surface area (Å²) in [4.78, 5) is 2.46. The number of hydrogen-bond acceptors (Lipinski definition) is 3. The Hall–Kier alpha value is -0.840. The van der Waals surface area contributed by atoms with Crippen molar-refractivity contribution in [3.8, 4) is 0 Å². The summed E-state index contributed by atoms with van der Waals surface area (Å²) in [6.45, 7) is 12.6. The van der Waals surface area contributed by atoms with Gasteiger partial charge in [-0.05, 0) is 18.7 Å². The lowest BCUT2D eigenvalue weighted by atomic mass is 10.2. The van der Waals surface area contributed by atoms with Gasteiger partial charge in [0.2, 0.25) is 0 Å². The lowest BCUT2D eigenvalue weighted by Crippen LogP contribution is -2.44. The molecule has 108 valence electrons. The number of nitrogens with one attached hydrogen (secondary N) is 1. The fourth-order valence-corrected chi connectivity index (χ4v) is 2.49. The molecule has 0 aliphatic carbocycles. The van der Waals surface area contributed by atoms with Crippen molar-refractivity contribution < 1.29 is 4.74 Å². The minimum Gasteiger partial charge on any atom is -0.374 e. The Labute approximate surface area is 116 Å². The van der Waals surface area contributed by atoms with E-state index in [0.717, 1.165) is 39.3 Å². The molecule has 2 heterocycles. The van der Waals surface area contributed by atoms with Gasteiger partial charge in [0.15, 0.2) is 0 Å². The maximum Gasteiger partial charge on any atom is 0.0881 e. The molecule has 1 aliphatic heterocycles. The molecule has 0 spiro atoms. The van der Waals surface area contributed by atoms with Crippen molar-refractivity contribution in [1.82, 2.24) is 14.8 Å². The van der Waals surface area contributed by atoms with Crippen LogP contribution in [0.5, 0.6) is 0 Å². The Balaban J connectivity index is 1.89. The van der Waals surface area contributed by atoms with Gasteiger partial charge in [-0.25, -0.2) is 0 Å². The molecule has 1 atom stereocenters. The topological polar surface area (TPSA) is 29.4 Å². The molecule has 1 aliphatic rings. The molecule has 4 nitrogen and oxygen atoms in total. The molecule has 2 rings (SSSR count). The predicted molar refractivity (Wildman–Crippen MR) is 78.3 cm³/mol. The largest absolute Gasteiger partial charge is 0.374 e. The molecule has 0 bridgehead atoms. The van der Waals surface area contributed by atoms with Gasteiger partial charge in [0.1, 0.15) is 0 Å². The summed E-state index contributed by atoms with van der Waals surface area (Å²) >= 11 is 0. The van der Waals surface area contributed by atoms with Crippen LogP contribution in [0.1, 0.15) is 26.5 Å². The first-order chi connectivity index (χ1) is 9.19. The molecule has 0 radical (unpaired) electrons. The zero-order valence-electron chi connectivity index (χ0n) is 12.4. The second-order valence-electron chi connectivity index (χ2n) is 5.57. The van der Waals surface area contributed by atoms with Crippen molar-refractivity contribution >= 4 is 0 Å². The minimum absolute atomic E-state index is 0.318. The summed E-state index contributed by atoms with van der Waals surface area (Å²) < 4.78 is 8.20. The Morgan fingerprint density at radius 2 is 2.32 bits per heavy atom. The van der Waals surface area contributed by atoms with Crippen LogP contribution in [0.4, 0.5) is 0 Å². The van der Waals surface area contributed by atoms with Crippen LogP contribution in [-0.2, 0) is 17.8 Å². The van der Waals surface area contributed by atoms with E-state index < -0.39 is 0 Å². The maximum absolute atomic E-state index is 5.88. The van der Waals surface area contributed by atoms with Gasteiger partial charge in [0.05, 0.1) is 12.7 Å². The molecule has 0 amide bonds. The molecular weight excluding hydrogens is 238 g/mol. The van der Waals surface area contributed by atoms with Crippen molar-refractivity contribution in [1.29, 1.82) is 0 Å². The molecule has 1 saturated heterocycles. The average Bonchev–Trinajstić information content (AvgIpc) is 2.84. The second kappa shape index (κ2) is 7.08. The van der Waals surface area contributed by atoms with Crippen LogP contribution in [0.3, 0.4) is 0 Å². The van der Waals surface area contributed by atoms with Gasteiger partial charge in [-0.2, -0.15) is 0 Å². The summed E-state index contributed by atoms with van der Waals surface area (Å²) in [5.41, 5.74) is 1.34. The first-order valence-corrected chi connectivity index (χ1v) is 7.40. The zero-order chi connectivity index (χ0) is 13.7. The molecule has 0 aromatic carbocycles. The highest BCUT2D eigenvalue weighted by Crippen LogP contribution is 2.10. The zero-order valence-corrected chi connectivity index (χ0v) is 12.4. The molecule has 1 aromatic heterocycles. The van der Waals surface area contributed by atoms with Gasteiger partial charge >= 0.3 is 0 Å². The van der Waals surface area contributed by atoms with E-state index in [2.05, 4.69) is 53.9 Å². The quantitative estimate of drug-likeness (QED) is 0.849. The molecule has 4 heteroatoms. The Bertz CT molecular complexity index is 375. The van der Waals surface area contributed by atoms with E-state index in [1.807, 2.05) is 0 Å². The average molecular weight is 265 g/mol. The lowest BCUT2D eigenvalue weighted by Gasteiger charge is -2.32. The SMILES string of the molecule is CCN1CCOC(Cn2cccc2CNC(C)C)C1. The highest BCUT2D eigenvalue weighted by atomic mass is 16.5. The van der Waals surface area contributed by atoms with E-state index in [4.69, 9.17) is 4.74 Å². The van der Waals surface area contributed by atoms with Crippen molar-refractivity contribution in [2.24, 2.45) is 0 Å². The number of rotatable bonds is 6. The number of nitrogens with zero attached hydrogens (tertiary/aromatic N) is 2.